The van der Waals surface area contributed by atoms with Crippen LogP contribution in [0.3, 0.4) is 0 Å². The van der Waals surface area contributed by atoms with Crippen LogP contribution >= 0.6 is 12.4 Å². The summed E-state index contributed by atoms with van der Waals surface area (Å²) in [6.45, 7) is 4.01. The molecule has 1 fully saturated rings. The molecule has 0 saturated carbocycles. The predicted octanol–water partition coefficient (Wildman–Crippen LogP) is 2.21. The minimum absolute atomic E-state index is 0. The summed E-state index contributed by atoms with van der Waals surface area (Å²) in [4.78, 5) is 26.0. The fraction of sp³-hybridized carbons (Fsp3) is 0.529. The van der Waals surface area contributed by atoms with Crippen LogP contribution in [0.15, 0.2) is 24.3 Å². The molecule has 134 valence electrons. The molecule has 4 N–H and O–H groups in total. The van der Waals surface area contributed by atoms with Crippen molar-refractivity contribution < 1.29 is 9.59 Å². The maximum absolute atomic E-state index is 12.2. The number of benzene rings is 1. The molecule has 2 rings (SSSR count). The van der Waals surface area contributed by atoms with Crippen LogP contribution in [0.5, 0.6) is 0 Å². The molecule has 1 aromatic carbocycles. The first-order valence-corrected chi connectivity index (χ1v) is 8.23. The molecule has 1 aliphatic rings. The topological polar surface area (TPSA) is 87.5 Å². The van der Waals surface area contributed by atoms with E-state index in [2.05, 4.69) is 15.5 Å². The second-order valence-corrected chi connectivity index (χ2v) is 6.10. The molecule has 24 heavy (non-hydrogen) atoms. The number of nitrogens with one attached hydrogen (secondary N) is 2. The highest BCUT2D eigenvalue weighted by atomic mass is 35.5. The van der Waals surface area contributed by atoms with Crippen molar-refractivity contribution >= 4 is 35.6 Å². The van der Waals surface area contributed by atoms with Crippen LogP contribution in [0.1, 0.15) is 32.6 Å². The normalized spacial score (nSPS) is 16.4. The molecule has 2 amide bonds. The molecule has 1 saturated heterocycles. The number of rotatable bonds is 5. The van der Waals surface area contributed by atoms with Crippen molar-refractivity contribution in [3.05, 3.63) is 24.3 Å². The molecule has 1 aromatic rings. The molecule has 0 spiro atoms. The fourth-order valence-corrected chi connectivity index (χ4v) is 2.63. The lowest BCUT2D eigenvalue weighted by molar-refractivity contribution is -0.117. The molecule has 1 heterocycles. The van der Waals surface area contributed by atoms with Crippen LogP contribution in [0.2, 0.25) is 0 Å². The van der Waals surface area contributed by atoms with Gasteiger partial charge in [-0.3, -0.25) is 14.5 Å². The molecular weight excluding hydrogens is 328 g/mol. The van der Waals surface area contributed by atoms with Crippen LogP contribution in [0.4, 0.5) is 11.4 Å². The third-order valence-electron chi connectivity index (χ3n) is 3.89. The molecular formula is C17H27ClN4O2. The molecule has 0 aliphatic carbocycles. The summed E-state index contributed by atoms with van der Waals surface area (Å²) in [7, 11) is 0. The van der Waals surface area contributed by atoms with Crippen molar-refractivity contribution in [2.45, 2.75) is 38.6 Å². The van der Waals surface area contributed by atoms with Gasteiger partial charge >= 0.3 is 0 Å². The monoisotopic (exact) mass is 354 g/mol. The van der Waals surface area contributed by atoms with E-state index in [1.54, 1.807) is 25.1 Å². The van der Waals surface area contributed by atoms with E-state index in [9.17, 15) is 9.59 Å². The van der Waals surface area contributed by atoms with E-state index in [0.717, 1.165) is 25.9 Å². The summed E-state index contributed by atoms with van der Waals surface area (Å²) in [6.07, 6.45) is 4.82. The van der Waals surface area contributed by atoms with Crippen LogP contribution in [-0.4, -0.2) is 42.4 Å². The van der Waals surface area contributed by atoms with E-state index in [1.165, 1.54) is 12.8 Å². The van der Waals surface area contributed by atoms with Gasteiger partial charge < -0.3 is 16.4 Å². The van der Waals surface area contributed by atoms with Gasteiger partial charge in [-0.25, -0.2) is 0 Å². The van der Waals surface area contributed by atoms with Gasteiger partial charge in [-0.2, -0.15) is 0 Å². The molecule has 1 atom stereocenters. The Morgan fingerprint density at radius 2 is 1.71 bits per heavy atom. The largest absolute Gasteiger partial charge is 0.325 e. The second-order valence-electron chi connectivity index (χ2n) is 6.10. The van der Waals surface area contributed by atoms with Crippen molar-refractivity contribution in [1.82, 2.24) is 4.90 Å². The number of nitrogens with zero attached hydrogens (tertiary/aromatic N) is 1. The summed E-state index contributed by atoms with van der Waals surface area (Å²) in [5.74, 6) is -0.277. The summed E-state index contributed by atoms with van der Waals surface area (Å²) < 4.78 is 0. The Balaban J connectivity index is 0.00000288. The first-order chi connectivity index (χ1) is 11.0. The summed E-state index contributed by atoms with van der Waals surface area (Å²) >= 11 is 0. The van der Waals surface area contributed by atoms with Crippen LogP contribution < -0.4 is 16.4 Å². The Kier molecular flexibility index (Phi) is 8.74. The zero-order valence-corrected chi connectivity index (χ0v) is 14.9. The van der Waals surface area contributed by atoms with Gasteiger partial charge in [-0.15, -0.1) is 12.4 Å². The number of carbonyl (C=O) groups is 2. The predicted molar refractivity (Wildman–Crippen MR) is 99.5 cm³/mol. The van der Waals surface area contributed by atoms with Gasteiger partial charge in [0.25, 0.3) is 0 Å². The summed E-state index contributed by atoms with van der Waals surface area (Å²) in [6, 6.07) is 6.53. The fourth-order valence-electron chi connectivity index (χ4n) is 2.63. The quantitative estimate of drug-likeness (QED) is 0.756. The molecule has 1 unspecified atom stereocenters. The molecule has 1 aliphatic heterocycles. The minimum Gasteiger partial charge on any atom is -0.325 e. The van der Waals surface area contributed by atoms with E-state index in [-0.39, 0.29) is 24.2 Å². The van der Waals surface area contributed by atoms with Crippen molar-refractivity contribution in [3.63, 3.8) is 0 Å². The van der Waals surface area contributed by atoms with Gasteiger partial charge in [0.1, 0.15) is 0 Å². The number of hydrogen-bond acceptors (Lipinski definition) is 4. The number of amides is 2. The molecule has 0 radical (unpaired) electrons. The number of anilines is 2. The lowest BCUT2D eigenvalue weighted by atomic mass is 10.2. The van der Waals surface area contributed by atoms with Gasteiger partial charge in [0.2, 0.25) is 11.8 Å². The lowest BCUT2D eigenvalue weighted by Crippen LogP contribution is -2.34. The SMILES string of the molecule is CC(N)C(=O)Nc1cccc(NC(=O)CN2CCCCCC2)c1.Cl. The third-order valence-corrected chi connectivity index (χ3v) is 3.89. The van der Waals surface area contributed by atoms with Crippen molar-refractivity contribution in [2.75, 3.05) is 30.3 Å². The van der Waals surface area contributed by atoms with Crippen molar-refractivity contribution in [2.24, 2.45) is 5.73 Å². The average Bonchev–Trinajstić information content (AvgIpc) is 2.76. The zero-order chi connectivity index (χ0) is 16.7. The number of halogens is 1. The smallest absolute Gasteiger partial charge is 0.240 e. The van der Waals surface area contributed by atoms with E-state index >= 15 is 0 Å². The maximum Gasteiger partial charge on any atom is 0.240 e. The first-order valence-electron chi connectivity index (χ1n) is 8.23. The number of likely N-dealkylation sites (tertiary alicyclic amines) is 1. The Labute approximate surface area is 149 Å². The number of carbonyl (C=O) groups excluding carboxylic acids is 2. The number of nitrogens with two attached hydrogens (primary N) is 1. The zero-order valence-electron chi connectivity index (χ0n) is 14.1. The molecule has 6 nitrogen and oxygen atoms in total. The van der Waals surface area contributed by atoms with Gasteiger partial charge in [0, 0.05) is 11.4 Å². The average molecular weight is 355 g/mol. The Hall–Kier alpha value is -1.63. The van der Waals surface area contributed by atoms with Crippen molar-refractivity contribution in [1.29, 1.82) is 0 Å². The molecule has 0 bridgehead atoms. The molecule has 7 heteroatoms. The highest BCUT2D eigenvalue weighted by Gasteiger charge is 2.13. The first kappa shape index (κ1) is 20.4. The van der Waals surface area contributed by atoms with Crippen LogP contribution in [0.25, 0.3) is 0 Å². The van der Waals surface area contributed by atoms with Gasteiger partial charge in [0.05, 0.1) is 12.6 Å². The summed E-state index contributed by atoms with van der Waals surface area (Å²) in [5.41, 5.74) is 6.83. The second kappa shape index (κ2) is 10.3. The lowest BCUT2D eigenvalue weighted by Gasteiger charge is -2.19. The van der Waals surface area contributed by atoms with E-state index < -0.39 is 6.04 Å². The Morgan fingerprint density at radius 3 is 2.29 bits per heavy atom. The molecule has 0 aromatic heterocycles. The summed E-state index contributed by atoms with van der Waals surface area (Å²) in [5, 5.41) is 5.61. The standard InChI is InChI=1S/C17H26N4O2.ClH/c1-13(18)17(23)20-15-8-6-7-14(11-15)19-16(22)12-21-9-4-2-3-5-10-21;/h6-8,11,13H,2-5,9-10,12,18H2,1H3,(H,19,22)(H,20,23);1H. The highest BCUT2D eigenvalue weighted by molar-refractivity contribution is 5.96. The van der Waals surface area contributed by atoms with E-state index in [0.29, 0.717) is 17.9 Å². The van der Waals surface area contributed by atoms with E-state index in [1.807, 2.05) is 6.07 Å². The third kappa shape index (κ3) is 6.86. The van der Waals surface area contributed by atoms with Gasteiger partial charge in [-0.1, -0.05) is 18.9 Å². The maximum atomic E-state index is 12.2. The van der Waals surface area contributed by atoms with Gasteiger partial charge in [-0.05, 0) is 51.1 Å². The van der Waals surface area contributed by atoms with Crippen molar-refractivity contribution in [3.8, 4) is 0 Å². The van der Waals surface area contributed by atoms with Crippen LogP contribution in [-0.2, 0) is 9.59 Å². The Bertz CT molecular complexity index is 543. The van der Waals surface area contributed by atoms with E-state index in [4.69, 9.17) is 5.73 Å². The highest BCUT2D eigenvalue weighted by Crippen LogP contribution is 2.16. The minimum atomic E-state index is -0.573. The number of hydrogen-bond donors (Lipinski definition) is 3. The van der Waals surface area contributed by atoms with Gasteiger partial charge in [0.15, 0.2) is 0 Å². The Morgan fingerprint density at radius 1 is 1.12 bits per heavy atom. The van der Waals surface area contributed by atoms with Crippen LogP contribution in [0, 0.1) is 0 Å².